The van der Waals surface area contributed by atoms with Gasteiger partial charge in [-0.05, 0) is 31.6 Å². The Morgan fingerprint density at radius 1 is 1.28 bits per heavy atom. The molecule has 0 saturated carbocycles. The van der Waals surface area contributed by atoms with E-state index in [4.69, 9.17) is 4.99 Å². The van der Waals surface area contributed by atoms with Gasteiger partial charge in [0.1, 0.15) is 12.4 Å². The van der Waals surface area contributed by atoms with Gasteiger partial charge in [0, 0.05) is 26.7 Å². The van der Waals surface area contributed by atoms with Gasteiger partial charge in [-0.3, -0.25) is 0 Å². The van der Waals surface area contributed by atoms with Crippen molar-refractivity contribution in [1.29, 1.82) is 0 Å². The van der Waals surface area contributed by atoms with Crippen molar-refractivity contribution in [2.24, 2.45) is 23.9 Å². The van der Waals surface area contributed by atoms with Gasteiger partial charge in [0.2, 0.25) is 0 Å². The van der Waals surface area contributed by atoms with Crippen LogP contribution in [0.25, 0.3) is 0 Å². The van der Waals surface area contributed by atoms with Gasteiger partial charge in [-0.15, -0.1) is 10.2 Å². The zero-order valence-electron chi connectivity index (χ0n) is 16.8. The Kier molecular flexibility index (Phi) is 7.72. The summed E-state index contributed by atoms with van der Waals surface area (Å²) in [6.07, 6.45) is 6.21. The van der Waals surface area contributed by atoms with Crippen molar-refractivity contribution in [2.75, 3.05) is 19.6 Å². The summed E-state index contributed by atoms with van der Waals surface area (Å²) in [5.41, 5.74) is 0. The van der Waals surface area contributed by atoms with Gasteiger partial charge >= 0.3 is 0 Å². The maximum absolute atomic E-state index is 4.88. The van der Waals surface area contributed by atoms with E-state index < -0.39 is 0 Å². The molecule has 6 nitrogen and oxygen atoms in total. The van der Waals surface area contributed by atoms with Gasteiger partial charge in [0.15, 0.2) is 11.8 Å². The van der Waals surface area contributed by atoms with Crippen molar-refractivity contribution in [2.45, 2.75) is 66.3 Å². The normalized spacial score (nSPS) is 18.4. The highest BCUT2D eigenvalue weighted by molar-refractivity contribution is 5.80. The molecule has 2 rings (SSSR count). The Labute approximate surface area is 153 Å². The Hall–Kier alpha value is -1.59. The SMILES string of the molecule is CCCCNC(=NCc1nnc(C)n1C)N1CCC(C(CC)CC)C1. The third-order valence-electron chi connectivity index (χ3n) is 5.61. The van der Waals surface area contributed by atoms with Crippen LogP contribution in [0.3, 0.4) is 0 Å². The molecule has 0 spiro atoms. The van der Waals surface area contributed by atoms with Crippen LogP contribution in [-0.4, -0.2) is 45.3 Å². The van der Waals surface area contributed by atoms with Gasteiger partial charge in [-0.1, -0.05) is 40.0 Å². The largest absolute Gasteiger partial charge is 0.356 e. The lowest BCUT2D eigenvalue weighted by atomic mass is 9.87. The molecule has 0 amide bonds. The Bertz CT molecular complexity index is 546. The third-order valence-corrected chi connectivity index (χ3v) is 5.61. The number of hydrogen-bond acceptors (Lipinski definition) is 3. The van der Waals surface area contributed by atoms with E-state index in [0.29, 0.717) is 6.54 Å². The predicted octanol–water partition coefficient (Wildman–Crippen LogP) is 3.13. The molecule has 0 aromatic carbocycles. The molecule has 1 unspecified atom stereocenters. The van der Waals surface area contributed by atoms with Crippen LogP contribution >= 0.6 is 0 Å². The summed E-state index contributed by atoms with van der Waals surface area (Å²) in [4.78, 5) is 7.32. The molecule has 1 fully saturated rings. The second-order valence-electron chi connectivity index (χ2n) is 7.21. The molecule has 0 aliphatic carbocycles. The van der Waals surface area contributed by atoms with E-state index in [1.807, 2.05) is 18.5 Å². The van der Waals surface area contributed by atoms with Gasteiger partial charge in [-0.25, -0.2) is 4.99 Å². The van der Waals surface area contributed by atoms with Crippen LogP contribution < -0.4 is 5.32 Å². The smallest absolute Gasteiger partial charge is 0.194 e. The number of rotatable bonds is 8. The van der Waals surface area contributed by atoms with Crippen LogP contribution in [0.5, 0.6) is 0 Å². The van der Waals surface area contributed by atoms with Crippen molar-refractivity contribution in [3.05, 3.63) is 11.6 Å². The molecule has 1 saturated heterocycles. The fourth-order valence-electron chi connectivity index (χ4n) is 3.70. The number of nitrogens with one attached hydrogen (secondary N) is 1. The van der Waals surface area contributed by atoms with Gasteiger partial charge < -0.3 is 14.8 Å². The first kappa shape index (κ1) is 19.7. The first-order chi connectivity index (χ1) is 12.1. The van der Waals surface area contributed by atoms with Crippen molar-refractivity contribution in [1.82, 2.24) is 25.0 Å². The van der Waals surface area contributed by atoms with E-state index >= 15 is 0 Å². The summed E-state index contributed by atoms with van der Waals surface area (Å²) in [5, 5.41) is 11.9. The van der Waals surface area contributed by atoms with E-state index in [2.05, 4.69) is 41.2 Å². The van der Waals surface area contributed by atoms with E-state index in [0.717, 1.165) is 49.1 Å². The van der Waals surface area contributed by atoms with Crippen LogP contribution in [0.2, 0.25) is 0 Å². The molecule has 2 heterocycles. The standard InChI is InChI=1S/C19H36N6/c1-6-9-11-20-19(21-13-18-23-22-15(4)24(18)5)25-12-10-17(14-25)16(7-2)8-3/h16-17H,6-14H2,1-5H3,(H,20,21). The summed E-state index contributed by atoms with van der Waals surface area (Å²) in [5.74, 6) is 4.53. The number of guanidine groups is 1. The molecule has 0 bridgehead atoms. The van der Waals surface area contributed by atoms with Gasteiger partial charge in [-0.2, -0.15) is 0 Å². The molecular weight excluding hydrogens is 312 g/mol. The van der Waals surface area contributed by atoms with Crippen LogP contribution in [0.1, 0.15) is 64.5 Å². The Morgan fingerprint density at radius 2 is 2.04 bits per heavy atom. The predicted molar refractivity (Wildman–Crippen MR) is 104 cm³/mol. The van der Waals surface area contributed by atoms with Gasteiger partial charge in [0.25, 0.3) is 0 Å². The summed E-state index contributed by atoms with van der Waals surface area (Å²) in [6.45, 7) is 12.6. The fourth-order valence-corrected chi connectivity index (χ4v) is 3.70. The minimum absolute atomic E-state index is 0.581. The molecular formula is C19H36N6. The molecule has 1 aliphatic rings. The second-order valence-corrected chi connectivity index (χ2v) is 7.21. The molecule has 142 valence electrons. The van der Waals surface area contributed by atoms with Gasteiger partial charge in [0.05, 0.1) is 0 Å². The molecule has 0 radical (unpaired) electrons. The van der Waals surface area contributed by atoms with Crippen LogP contribution in [-0.2, 0) is 13.6 Å². The number of unbranched alkanes of at least 4 members (excludes halogenated alkanes) is 1. The maximum Gasteiger partial charge on any atom is 0.194 e. The quantitative estimate of drug-likeness (QED) is 0.445. The van der Waals surface area contributed by atoms with Crippen LogP contribution in [0.4, 0.5) is 0 Å². The Balaban J connectivity index is 2.05. The fraction of sp³-hybridized carbons (Fsp3) is 0.842. The molecule has 1 N–H and O–H groups in total. The van der Waals surface area contributed by atoms with E-state index in [1.54, 1.807) is 0 Å². The topological polar surface area (TPSA) is 58.3 Å². The molecule has 1 aliphatic heterocycles. The van der Waals surface area contributed by atoms with E-state index in [1.165, 1.54) is 32.1 Å². The zero-order valence-corrected chi connectivity index (χ0v) is 16.8. The average Bonchev–Trinajstić information content (AvgIpc) is 3.21. The zero-order chi connectivity index (χ0) is 18.2. The first-order valence-corrected chi connectivity index (χ1v) is 9.98. The second kappa shape index (κ2) is 9.78. The van der Waals surface area contributed by atoms with Crippen molar-refractivity contribution >= 4 is 5.96 Å². The molecule has 1 aromatic heterocycles. The van der Waals surface area contributed by atoms with Crippen molar-refractivity contribution in [3.8, 4) is 0 Å². The molecule has 25 heavy (non-hydrogen) atoms. The average molecular weight is 349 g/mol. The number of aliphatic imine (C=N–C) groups is 1. The minimum atomic E-state index is 0.581. The number of likely N-dealkylation sites (tertiary alicyclic amines) is 1. The number of aryl methyl sites for hydroxylation is 1. The summed E-state index contributed by atoms with van der Waals surface area (Å²) in [7, 11) is 2.00. The molecule has 1 aromatic rings. The van der Waals surface area contributed by atoms with Crippen LogP contribution in [0, 0.1) is 18.8 Å². The van der Waals surface area contributed by atoms with Crippen molar-refractivity contribution in [3.63, 3.8) is 0 Å². The number of aromatic nitrogens is 3. The van der Waals surface area contributed by atoms with Crippen LogP contribution in [0.15, 0.2) is 4.99 Å². The lowest BCUT2D eigenvalue weighted by molar-refractivity contribution is 0.319. The summed E-state index contributed by atoms with van der Waals surface area (Å²) < 4.78 is 2.02. The lowest BCUT2D eigenvalue weighted by Crippen LogP contribution is -2.41. The maximum atomic E-state index is 4.88. The Morgan fingerprint density at radius 3 is 2.64 bits per heavy atom. The van der Waals surface area contributed by atoms with E-state index in [-0.39, 0.29) is 0 Å². The monoisotopic (exact) mass is 348 g/mol. The lowest BCUT2D eigenvalue weighted by Gasteiger charge is -2.24. The molecule has 1 atom stereocenters. The first-order valence-electron chi connectivity index (χ1n) is 9.98. The summed E-state index contributed by atoms with van der Waals surface area (Å²) in [6, 6.07) is 0. The minimum Gasteiger partial charge on any atom is -0.356 e. The number of hydrogen-bond donors (Lipinski definition) is 1. The number of nitrogens with zero attached hydrogens (tertiary/aromatic N) is 5. The third kappa shape index (κ3) is 5.19. The molecule has 6 heteroatoms. The van der Waals surface area contributed by atoms with E-state index in [9.17, 15) is 0 Å². The highest BCUT2D eigenvalue weighted by Gasteiger charge is 2.29. The highest BCUT2D eigenvalue weighted by Crippen LogP contribution is 2.28. The summed E-state index contributed by atoms with van der Waals surface area (Å²) >= 11 is 0. The van der Waals surface area contributed by atoms with Crippen molar-refractivity contribution < 1.29 is 0 Å². The highest BCUT2D eigenvalue weighted by atomic mass is 15.3.